The number of amides is 1. The number of hydrogen-bond donors (Lipinski definition) is 2. The summed E-state index contributed by atoms with van der Waals surface area (Å²) in [6, 6.07) is 8.72. The maximum absolute atomic E-state index is 11.7. The van der Waals surface area contributed by atoms with E-state index in [0.29, 0.717) is 12.5 Å². The summed E-state index contributed by atoms with van der Waals surface area (Å²) in [4.78, 5) is 11.7. The van der Waals surface area contributed by atoms with Crippen molar-refractivity contribution in [2.45, 2.75) is 46.7 Å². The fraction of sp³-hybridized carbons (Fsp3) is 0.562. The van der Waals surface area contributed by atoms with Crippen LogP contribution in [-0.2, 0) is 17.8 Å². The molecule has 1 aromatic rings. The largest absolute Gasteiger partial charge is 0.352 e. The highest BCUT2D eigenvalue weighted by molar-refractivity contribution is 5.78. The molecule has 0 aliphatic rings. The van der Waals surface area contributed by atoms with Gasteiger partial charge in [-0.05, 0) is 30.4 Å². The summed E-state index contributed by atoms with van der Waals surface area (Å²) < 4.78 is 0. The van der Waals surface area contributed by atoms with Gasteiger partial charge in [-0.2, -0.15) is 0 Å². The summed E-state index contributed by atoms with van der Waals surface area (Å²) in [6.45, 7) is 9.49. The summed E-state index contributed by atoms with van der Waals surface area (Å²) in [5, 5.41) is 6.15. The van der Waals surface area contributed by atoms with Gasteiger partial charge in [0, 0.05) is 12.6 Å². The summed E-state index contributed by atoms with van der Waals surface area (Å²) in [7, 11) is 0. The van der Waals surface area contributed by atoms with Gasteiger partial charge in [0.15, 0.2) is 0 Å². The Hall–Kier alpha value is -1.35. The Morgan fingerprint density at radius 3 is 2.21 bits per heavy atom. The molecule has 0 saturated heterocycles. The summed E-state index contributed by atoms with van der Waals surface area (Å²) >= 11 is 0. The van der Waals surface area contributed by atoms with E-state index in [9.17, 15) is 4.79 Å². The van der Waals surface area contributed by atoms with Crippen molar-refractivity contribution in [3.05, 3.63) is 35.4 Å². The second kappa shape index (κ2) is 7.95. The van der Waals surface area contributed by atoms with Crippen molar-refractivity contribution in [3.63, 3.8) is 0 Å². The van der Waals surface area contributed by atoms with Crippen LogP contribution in [0.3, 0.4) is 0 Å². The van der Waals surface area contributed by atoms with Crippen LogP contribution in [0.5, 0.6) is 0 Å². The molecule has 1 amide bonds. The number of nitrogens with one attached hydrogen (secondary N) is 2. The molecule has 2 N–H and O–H groups in total. The van der Waals surface area contributed by atoms with Crippen LogP contribution in [0.4, 0.5) is 0 Å². The van der Waals surface area contributed by atoms with Crippen molar-refractivity contribution >= 4 is 5.91 Å². The SMILES string of the molecule is CCc1ccc(CNCC(=O)NC(C)C(C)C)cc1. The van der Waals surface area contributed by atoms with Gasteiger partial charge >= 0.3 is 0 Å². The molecule has 3 nitrogen and oxygen atoms in total. The Morgan fingerprint density at radius 2 is 1.68 bits per heavy atom. The average Bonchev–Trinajstić information content (AvgIpc) is 2.39. The molecular formula is C16H26N2O. The third kappa shape index (κ3) is 5.88. The minimum atomic E-state index is 0.0615. The monoisotopic (exact) mass is 262 g/mol. The summed E-state index contributed by atoms with van der Waals surface area (Å²) in [5.41, 5.74) is 2.55. The second-order valence-electron chi connectivity index (χ2n) is 5.37. The van der Waals surface area contributed by atoms with Gasteiger partial charge in [-0.1, -0.05) is 45.0 Å². The second-order valence-corrected chi connectivity index (χ2v) is 5.37. The van der Waals surface area contributed by atoms with Crippen LogP contribution in [-0.4, -0.2) is 18.5 Å². The maximum Gasteiger partial charge on any atom is 0.234 e. The average molecular weight is 262 g/mol. The zero-order valence-electron chi connectivity index (χ0n) is 12.5. The number of rotatable bonds is 7. The minimum absolute atomic E-state index is 0.0615. The van der Waals surface area contributed by atoms with Crippen molar-refractivity contribution in [2.75, 3.05) is 6.54 Å². The van der Waals surface area contributed by atoms with Crippen LogP contribution < -0.4 is 10.6 Å². The van der Waals surface area contributed by atoms with Gasteiger partial charge in [-0.15, -0.1) is 0 Å². The highest BCUT2D eigenvalue weighted by Gasteiger charge is 2.09. The van der Waals surface area contributed by atoms with Crippen molar-refractivity contribution in [1.82, 2.24) is 10.6 Å². The fourth-order valence-electron chi connectivity index (χ4n) is 1.68. The van der Waals surface area contributed by atoms with Crippen LogP contribution in [0.15, 0.2) is 24.3 Å². The Kier molecular flexibility index (Phi) is 6.57. The standard InChI is InChI=1S/C16H26N2O/c1-5-14-6-8-15(9-7-14)10-17-11-16(19)18-13(4)12(2)3/h6-9,12-13,17H,5,10-11H2,1-4H3,(H,18,19). The number of aryl methyl sites for hydroxylation is 1. The number of carbonyl (C=O) groups excluding carboxylic acids is 1. The first kappa shape index (κ1) is 15.7. The third-order valence-electron chi connectivity index (χ3n) is 3.43. The zero-order valence-corrected chi connectivity index (χ0v) is 12.5. The Labute approximate surface area is 116 Å². The predicted octanol–water partition coefficient (Wildman–Crippen LogP) is 2.50. The molecule has 0 aliphatic carbocycles. The van der Waals surface area contributed by atoms with Crippen molar-refractivity contribution < 1.29 is 4.79 Å². The highest BCUT2D eigenvalue weighted by Crippen LogP contribution is 2.04. The van der Waals surface area contributed by atoms with Gasteiger partial charge in [-0.3, -0.25) is 4.79 Å². The van der Waals surface area contributed by atoms with E-state index in [1.807, 2.05) is 6.92 Å². The molecule has 0 saturated carbocycles. The van der Waals surface area contributed by atoms with Crippen LogP contribution in [0.1, 0.15) is 38.8 Å². The van der Waals surface area contributed by atoms with Crippen molar-refractivity contribution in [2.24, 2.45) is 5.92 Å². The molecule has 0 fully saturated rings. The quantitative estimate of drug-likeness (QED) is 0.792. The first-order valence-corrected chi connectivity index (χ1v) is 7.10. The molecule has 0 spiro atoms. The molecular weight excluding hydrogens is 236 g/mol. The molecule has 1 rings (SSSR count). The first-order chi connectivity index (χ1) is 9.02. The lowest BCUT2D eigenvalue weighted by atomic mass is 10.1. The Morgan fingerprint density at radius 1 is 1.11 bits per heavy atom. The third-order valence-corrected chi connectivity index (χ3v) is 3.43. The van der Waals surface area contributed by atoms with Crippen molar-refractivity contribution in [1.29, 1.82) is 0 Å². The molecule has 0 aliphatic heterocycles. The highest BCUT2D eigenvalue weighted by atomic mass is 16.1. The van der Waals surface area contributed by atoms with E-state index in [2.05, 4.69) is 55.7 Å². The van der Waals surface area contributed by atoms with E-state index in [0.717, 1.165) is 13.0 Å². The van der Waals surface area contributed by atoms with Crippen LogP contribution in [0.25, 0.3) is 0 Å². The molecule has 0 radical (unpaired) electrons. The molecule has 19 heavy (non-hydrogen) atoms. The van der Waals surface area contributed by atoms with E-state index in [1.54, 1.807) is 0 Å². The molecule has 0 aromatic heterocycles. The molecule has 0 bridgehead atoms. The Bertz CT molecular complexity index is 384. The fourth-order valence-corrected chi connectivity index (χ4v) is 1.68. The number of benzene rings is 1. The Balaban J connectivity index is 2.27. The topological polar surface area (TPSA) is 41.1 Å². The van der Waals surface area contributed by atoms with Gasteiger partial charge in [0.05, 0.1) is 6.54 Å². The summed E-state index contributed by atoms with van der Waals surface area (Å²) in [5.74, 6) is 0.525. The van der Waals surface area contributed by atoms with E-state index in [-0.39, 0.29) is 11.9 Å². The van der Waals surface area contributed by atoms with Gasteiger partial charge in [-0.25, -0.2) is 0 Å². The molecule has 0 heterocycles. The minimum Gasteiger partial charge on any atom is -0.352 e. The maximum atomic E-state index is 11.7. The zero-order chi connectivity index (χ0) is 14.3. The molecule has 1 atom stereocenters. The molecule has 1 unspecified atom stereocenters. The van der Waals surface area contributed by atoms with E-state index in [1.165, 1.54) is 11.1 Å². The lowest BCUT2D eigenvalue weighted by molar-refractivity contribution is -0.121. The predicted molar refractivity (Wildman–Crippen MR) is 80.0 cm³/mol. The van der Waals surface area contributed by atoms with Crippen LogP contribution in [0, 0.1) is 5.92 Å². The van der Waals surface area contributed by atoms with E-state index in [4.69, 9.17) is 0 Å². The lowest BCUT2D eigenvalue weighted by Gasteiger charge is -2.17. The smallest absolute Gasteiger partial charge is 0.234 e. The van der Waals surface area contributed by atoms with E-state index >= 15 is 0 Å². The van der Waals surface area contributed by atoms with Gasteiger partial charge in [0.25, 0.3) is 0 Å². The molecule has 1 aromatic carbocycles. The number of hydrogen-bond acceptors (Lipinski definition) is 2. The van der Waals surface area contributed by atoms with Crippen LogP contribution in [0.2, 0.25) is 0 Å². The van der Waals surface area contributed by atoms with E-state index < -0.39 is 0 Å². The molecule has 3 heteroatoms. The van der Waals surface area contributed by atoms with Crippen LogP contribution >= 0.6 is 0 Å². The van der Waals surface area contributed by atoms with Gasteiger partial charge in [0.2, 0.25) is 5.91 Å². The lowest BCUT2D eigenvalue weighted by Crippen LogP contribution is -2.41. The normalized spacial score (nSPS) is 12.5. The van der Waals surface area contributed by atoms with Crippen molar-refractivity contribution in [3.8, 4) is 0 Å². The first-order valence-electron chi connectivity index (χ1n) is 7.10. The number of carbonyl (C=O) groups is 1. The summed E-state index contributed by atoms with van der Waals surface area (Å²) in [6.07, 6.45) is 1.06. The van der Waals surface area contributed by atoms with Gasteiger partial charge in [0.1, 0.15) is 0 Å². The molecule has 106 valence electrons. The van der Waals surface area contributed by atoms with Gasteiger partial charge < -0.3 is 10.6 Å².